The Balaban J connectivity index is 1.74. The standard InChI is InChI=1S/C24H24AsNO5S/c25-32(28,29)22-16-19(24(27)30-17-18-9-3-1-4-10-18)15-21(26-13-7-8-14-26)23(22)31-20-11-5-2-6-12-20/h1-6,9-12,15-16H,7-8,13-14,17,25H2. The molecular formula is C24H24AsNO5S. The monoisotopic (exact) mass is 513 g/mol. The summed E-state index contributed by atoms with van der Waals surface area (Å²) in [5, 5.41) is 0. The first-order chi connectivity index (χ1) is 15.4. The van der Waals surface area contributed by atoms with Crippen molar-refractivity contribution in [2.75, 3.05) is 18.0 Å². The maximum atomic E-state index is 12.9. The quantitative estimate of drug-likeness (QED) is 0.354. The fraction of sp³-hybridized carbons (Fsp3) is 0.208. The Kier molecular flexibility index (Phi) is 6.87. The van der Waals surface area contributed by atoms with E-state index in [2.05, 4.69) is 4.90 Å². The van der Waals surface area contributed by atoms with E-state index in [4.69, 9.17) is 9.47 Å². The summed E-state index contributed by atoms with van der Waals surface area (Å²) in [6.07, 6.45) is 1.98. The van der Waals surface area contributed by atoms with E-state index < -0.39 is 14.1 Å². The fourth-order valence-corrected chi connectivity index (χ4v) is 5.42. The molecule has 3 aromatic rings. The summed E-state index contributed by atoms with van der Waals surface area (Å²) in [5.41, 5.74) is 1.65. The SMILES string of the molecule is O=C(OCc1ccccc1)c1cc(N2CCCC2)c(Oc2ccccc2)c(S(=O)(=O)[AsH2])c1. The molecule has 0 amide bonds. The van der Waals surface area contributed by atoms with Crippen LogP contribution in [0.3, 0.4) is 0 Å². The van der Waals surface area contributed by atoms with Crippen molar-refractivity contribution < 1.29 is 22.7 Å². The van der Waals surface area contributed by atoms with E-state index in [1.807, 2.05) is 48.5 Å². The van der Waals surface area contributed by atoms with Gasteiger partial charge in [-0.15, -0.1) is 0 Å². The Labute approximate surface area is 195 Å². The third-order valence-corrected chi connectivity index (χ3v) is 7.71. The molecular weight excluding hydrogens is 489 g/mol. The minimum atomic E-state index is -3.63. The third-order valence-electron chi connectivity index (χ3n) is 5.20. The molecule has 1 aliphatic heterocycles. The van der Waals surface area contributed by atoms with Gasteiger partial charge in [0.25, 0.3) is 0 Å². The zero-order chi connectivity index (χ0) is 22.6. The number of hydrogen-bond acceptors (Lipinski definition) is 6. The fourth-order valence-electron chi connectivity index (χ4n) is 3.63. The Hall–Kier alpha value is -2.76. The van der Waals surface area contributed by atoms with E-state index in [1.54, 1.807) is 18.2 Å². The predicted molar refractivity (Wildman–Crippen MR) is 126 cm³/mol. The van der Waals surface area contributed by atoms with Gasteiger partial charge >= 0.3 is 196 Å². The van der Waals surface area contributed by atoms with Crippen LogP contribution in [-0.4, -0.2) is 43.2 Å². The second-order valence-electron chi connectivity index (χ2n) is 7.54. The van der Waals surface area contributed by atoms with Crippen LogP contribution in [0.25, 0.3) is 0 Å². The van der Waals surface area contributed by atoms with Gasteiger partial charge in [0.15, 0.2) is 0 Å². The summed E-state index contributed by atoms with van der Waals surface area (Å²) in [6.45, 7) is 1.64. The summed E-state index contributed by atoms with van der Waals surface area (Å²) in [4.78, 5) is 14.9. The number of rotatable bonds is 7. The van der Waals surface area contributed by atoms with Gasteiger partial charge in [-0.2, -0.15) is 0 Å². The van der Waals surface area contributed by atoms with Gasteiger partial charge in [-0.25, -0.2) is 0 Å². The molecule has 6 nitrogen and oxygen atoms in total. The molecule has 0 saturated carbocycles. The Morgan fingerprint density at radius 3 is 2.19 bits per heavy atom. The second-order valence-corrected chi connectivity index (χ2v) is 13.0. The van der Waals surface area contributed by atoms with E-state index in [9.17, 15) is 13.2 Å². The van der Waals surface area contributed by atoms with E-state index >= 15 is 0 Å². The molecule has 0 aliphatic carbocycles. The minimum absolute atomic E-state index is 0.00239. The number of benzene rings is 3. The van der Waals surface area contributed by atoms with Crippen molar-refractivity contribution in [1.82, 2.24) is 0 Å². The van der Waals surface area contributed by atoms with Crippen molar-refractivity contribution in [2.24, 2.45) is 0 Å². The normalized spacial score (nSPS) is 13.7. The number of carbonyl (C=O) groups is 1. The van der Waals surface area contributed by atoms with Crippen LogP contribution in [0.15, 0.2) is 77.7 Å². The molecule has 1 unspecified atom stereocenters. The second kappa shape index (κ2) is 9.80. The van der Waals surface area contributed by atoms with Gasteiger partial charge in [-0.1, -0.05) is 0 Å². The molecule has 4 rings (SSSR count). The molecule has 1 fully saturated rings. The van der Waals surface area contributed by atoms with Crippen molar-refractivity contribution in [2.45, 2.75) is 24.3 Å². The van der Waals surface area contributed by atoms with Gasteiger partial charge in [0.05, 0.1) is 0 Å². The number of carbonyl (C=O) groups excluding carboxylic acids is 1. The van der Waals surface area contributed by atoms with Crippen LogP contribution in [0.2, 0.25) is 0 Å². The van der Waals surface area contributed by atoms with Crippen molar-refractivity contribution in [3.05, 3.63) is 83.9 Å². The molecule has 166 valence electrons. The molecule has 0 spiro atoms. The number of anilines is 1. The average molecular weight is 513 g/mol. The summed E-state index contributed by atoms with van der Waals surface area (Å²) in [6, 6.07) is 21.5. The summed E-state index contributed by atoms with van der Waals surface area (Å²) >= 11 is 0.566. The molecule has 0 N–H and O–H groups in total. The molecule has 1 saturated heterocycles. The third kappa shape index (κ3) is 5.34. The van der Waals surface area contributed by atoms with Gasteiger partial charge < -0.3 is 0 Å². The molecule has 8 heteroatoms. The first kappa shape index (κ1) is 22.4. The van der Waals surface area contributed by atoms with E-state index in [1.165, 1.54) is 6.07 Å². The van der Waals surface area contributed by atoms with Crippen molar-refractivity contribution in [1.29, 1.82) is 0 Å². The van der Waals surface area contributed by atoms with E-state index in [0.29, 0.717) is 27.1 Å². The molecule has 1 heterocycles. The van der Waals surface area contributed by atoms with Crippen LogP contribution in [0.1, 0.15) is 28.8 Å². The molecule has 1 aliphatic rings. The molecule has 0 radical (unpaired) electrons. The zero-order valence-corrected chi connectivity index (χ0v) is 20.7. The molecule has 3 aromatic carbocycles. The Bertz CT molecular complexity index is 1190. The average Bonchev–Trinajstić information content (AvgIpc) is 3.33. The molecule has 32 heavy (non-hydrogen) atoms. The van der Waals surface area contributed by atoms with Gasteiger partial charge in [-0.05, 0) is 0 Å². The zero-order valence-electron chi connectivity index (χ0n) is 17.4. The molecule has 0 aromatic heterocycles. The van der Waals surface area contributed by atoms with Gasteiger partial charge in [0.2, 0.25) is 0 Å². The van der Waals surface area contributed by atoms with E-state index in [-0.39, 0.29) is 22.8 Å². The van der Waals surface area contributed by atoms with Crippen molar-refractivity contribution in [3.8, 4) is 11.5 Å². The van der Waals surface area contributed by atoms with Crippen molar-refractivity contribution >= 4 is 35.5 Å². The summed E-state index contributed by atoms with van der Waals surface area (Å²) < 4.78 is 37.0. The van der Waals surface area contributed by atoms with Gasteiger partial charge in [0, 0.05) is 0 Å². The molecule has 1 atom stereocenters. The summed E-state index contributed by atoms with van der Waals surface area (Å²) in [5.74, 6) is 0.213. The van der Waals surface area contributed by atoms with Crippen LogP contribution in [0.4, 0.5) is 5.69 Å². The van der Waals surface area contributed by atoms with Crippen LogP contribution >= 0.6 is 0 Å². The Morgan fingerprint density at radius 1 is 0.938 bits per heavy atom. The van der Waals surface area contributed by atoms with Crippen LogP contribution in [0.5, 0.6) is 11.5 Å². The number of para-hydroxylation sites is 1. The van der Waals surface area contributed by atoms with Gasteiger partial charge in [-0.3, -0.25) is 0 Å². The predicted octanol–water partition coefficient (Wildman–Crippen LogP) is 3.76. The first-order valence-electron chi connectivity index (χ1n) is 10.3. The van der Waals surface area contributed by atoms with Crippen LogP contribution in [0, 0.1) is 0 Å². The van der Waals surface area contributed by atoms with Crippen LogP contribution < -0.4 is 9.64 Å². The van der Waals surface area contributed by atoms with E-state index in [0.717, 1.165) is 31.5 Å². The topological polar surface area (TPSA) is 72.9 Å². The number of hydrogen-bond donors (Lipinski definition) is 0. The Morgan fingerprint density at radius 2 is 1.56 bits per heavy atom. The number of esters is 1. The van der Waals surface area contributed by atoms with Crippen LogP contribution in [-0.2, 0) is 19.4 Å². The molecule has 0 bridgehead atoms. The number of ether oxygens (including phenoxy) is 2. The first-order valence-corrected chi connectivity index (χ1v) is 14.8. The summed E-state index contributed by atoms with van der Waals surface area (Å²) in [7, 11) is -3.63. The maximum absolute atomic E-state index is 12.9. The number of nitrogens with zero attached hydrogens (tertiary/aromatic N) is 1. The van der Waals surface area contributed by atoms with Crippen molar-refractivity contribution in [3.63, 3.8) is 0 Å². The van der Waals surface area contributed by atoms with Gasteiger partial charge in [0.1, 0.15) is 0 Å².